The summed E-state index contributed by atoms with van der Waals surface area (Å²) >= 11 is 0. The van der Waals surface area contributed by atoms with Crippen molar-refractivity contribution in [2.45, 2.75) is 24.7 Å². The van der Waals surface area contributed by atoms with Crippen LogP contribution in [0.25, 0.3) is 27.6 Å². The molecule has 1 aliphatic rings. The Morgan fingerprint density at radius 3 is 2.06 bits per heavy atom. The molecule has 0 N–H and O–H groups in total. The highest BCUT2D eigenvalue weighted by molar-refractivity contribution is 5.85. The van der Waals surface area contributed by atoms with Crippen LogP contribution >= 0.6 is 0 Å². The molecule has 35 heavy (non-hydrogen) atoms. The monoisotopic (exact) mass is 450 g/mol. The molecular weight excluding hydrogens is 420 g/mol. The van der Waals surface area contributed by atoms with Crippen molar-refractivity contribution in [1.29, 1.82) is 0 Å². The second-order valence-corrected chi connectivity index (χ2v) is 9.77. The lowest BCUT2D eigenvalue weighted by atomic mass is 9.74. The van der Waals surface area contributed by atoms with E-state index in [4.69, 9.17) is 0 Å². The van der Waals surface area contributed by atoms with Gasteiger partial charge in [-0.2, -0.15) is 0 Å². The van der Waals surface area contributed by atoms with E-state index in [-0.39, 0.29) is 0 Å². The zero-order valence-corrected chi connectivity index (χ0v) is 19.9. The van der Waals surface area contributed by atoms with Crippen LogP contribution in [0.5, 0.6) is 0 Å². The molecule has 5 aromatic rings. The van der Waals surface area contributed by atoms with Crippen molar-refractivity contribution in [1.82, 2.24) is 0 Å². The van der Waals surface area contributed by atoms with Crippen molar-refractivity contribution in [3.8, 4) is 0 Å². The largest absolute Gasteiger partial charge is 0.0876 e. The fraction of sp³-hybridized carbons (Fsp3) is 0.143. The fourth-order valence-corrected chi connectivity index (χ4v) is 5.63. The average Bonchev–Trinajstić information content (AvgIpc) is 2.94. The molecular formula is C35H30. The van der Waals surface area contributed by atoms with Crippen molar-refractivity contribution in [3.05, 3.63) is 150 Å². The molecule has 0 aromatic heterocycles. The molecule has 0 spiro atoms. The number of benzene rings is 5. The summed E-state index contributed by atoms with van der Waals surface area (Å²) in [5, 5.41) is 5.19. The normalized spacial score (nSPS) is 18.9. The van der Waals surface area contributed by atoms with E-state index in [1.165, 1.54) is 44.7 Å². The van der Waals surface area contributed by atoms with Gasteiger partial charge in [-0.15, -0.1) is 0 Å². The number of fused-ring (bicyclic) bond motifs is 2. The predicted octanol–water partition coefficient (Wildman–Crippen LogP) is 9.54. The molecule has 5 aromatic carbocycles. The SMILES string of the molecule is C1=C[C@@H](C(/C=C/c2ccc3ccccc3c2)c2ccc3ccccc3c2)C[C@H](c2ccccc2)C1. The number of allylic oxidation sites excluding steroid dienone is 3. The van der Waals surface area contributed by atoms with Crippen LogP contribution in [0, 0.1) is 5.92 Å². The molecule has 0 heteroatoms. The first-order valence-corrected chi connectivity index (χ1v) is 12.7. The number of hydrogen-bond acceptors (Lipinski definition) is 0. The van der Waals surface area contributed by atoms with E-state index in [0.29, 0.717) is 17.8 Å². The zero-order valence-electron chi connectivity index (χ0n) is 19.9. The lowest BCUT2D eigenvalue weighted by Gasteiger charge is -2.30. The Kier molecular flexibility index (Phi) is 6.03. The van der Waals surface area contributed by atoms with E-state index >= 15 is 0 Å². The third kappa shape index (κ3) is 4.70. The Morgan fingerprint density at radius 2 is 1.29 bits per heavy atom. The Bertz CT molecular complexity index is 1510. The standard InChI is InChI=1S/C35H30/c1-2-9-27(10-3-1)32-15-8-16-33(24-32)35(34-21-20-29-12-5-7-14-31(29)25-34)22-18-26-17-19-28-11-4-6-13-30(28)23-26/h1-14,16-23,25,32-33,35H,15,24H2/b22-18+/t32-,33-,35?/m1/s1. The first kappa shape index (κ1) is 21.6. The van der Waals surface area contributed by atoms with Gasteiger partial charge in [-0.1, -0.05) is 133 Å². The minimum atomic E-state index is 0.328. The van der Waals surface area contributed by atoms with Gasteiger partial charge in [0.1, 0.15) is 0 Å². The third-order valence-electron chi connectivity index (χ3n) is 7.52. The molecule has 0 saturated carbocycles. The topological polar surface area (TPSA) is 0 Å². The molecule has 0 bridgehead atoms. The van der Waals surface area contributed by atoms with Gasteiger partial charge in [0, 0.05) is 5.92 Å². The van der Waals surface area contributed by atoms with Crippen LogP contribution < -0.4 is 0 Å². The summed E-state index contributed by atoms with van der Waals surface area (Å²) in [6, 6.07) is 42.1. The first-order valence-electron chi connectivity index (χ1n) is 12.7. The molecule has 0 radical (unpaired) electrons. The van der Waals surface area contributed by atoms with Gasteiger partial charge in [-0.25, -0.2) is 0 Å². The van der Waals surface area contributed by atoms with Gasteiger partial charge in [0.25, 0.3) is 0 Å². The maximum atomic E-state index is 2.46. The lowest BCUT2D eigenvalue weighted by Crippen LogP contribution is -2.16. The van der Waals surface area contributed by atoms with Crippen LogP contribution in [0.1, 0.15) is 41.4 Å². The van der Waals surface area contributed by atoms with Gasteiger partial charge in [0.05, 0.1) is 0 Å². The van der Waals surface area contributed by atoms with Gasteiger partial charge in [0.2, 0.25) is 0 Å². The predicted molar refractivity (Wildman–Crippen MR) is 151 cm³/mol. The van der Waals surface area contributed by atoms with Crippen LogP contribution in [-0.4, -0.2) is 0 Å². The molecule has 0 amide bonds. The lowest BCUT2D eigenvalue weighted by molar-refractivity contribution is 0.453. The molecule has 0 heterocycles. The van der Waals surface area contributed by atoms with Gasteiger partial charge in [0.15, 0.2) is 0 Å². The van der Waals surface area contributed by atoms with Crippen LogP contribution in [0.3, 0.4) is 0 Å². The summed E-state index contributed by atoms with van der Waals surface area (Å²) in [7, 11) is 0. The summed E-state index contributed by atoms with van der Waals surface area (Å²) < 4.78 is 0. The average molecular weight is 451 g/mol. The van der Waals surface area contributed by atoms with E-state index in [0.717, 1.165) is 6.42 Å². The van der Waals surface area contributed by atoms with Crippen LogP contribution in [-0.2, 0) is 0 Å². The van der Waals surface area contributed by atoms with Crippen LogP contribution in [0.15, 0.2) is 133 Å². The molecule has 1 aliphatic carbocycles. The van der Waals surface area contributed by atoms with E-state index in [9.17, 15) is 0 Å². The van der Waals surface area contributed by atoms with Gasteiger partial charge < -0.3 is 0 Å². The van der Waals surface area contributed by atoms with Crippen molar-refractivity contribution in [2.75, 3.05) is 0 Å². The second kappa shape index (κ2) is 9.76. The molecule has 0 fully saturated rings. The summed E-state index contributed by atoms with van der Waals surface area (Å²) in [5.74, 6) is 1.36. The van der Waals surface area contributed by atoms with Gasteiger partial charge >= 0.3 is 0 Å². The quantitative estimate of drug-likeness (QED) is 0.234. The summed E-state index contributed by atoms with van der Waals surface area (Å²) in [4.78, 5) is 0. The molecule has 6 rings (SSSR count). The summed E-state index contributed by atoms with van der Waals surface area (Å²) in [5.41, 5.74) is 4.11. The van der Waals surface area contributed by atoms with Crippen LogP contribution in [0.4, 0.5) is 0 Å². The first-order chi connectivity index (χ1) is 17.3. The highest BCUT2D eigenvalue weighted by Gasteiger charge is 2.26. The minimum Gasteiger partial charge on any atom is -0.0876 e. The fourth-order valence-electron chi connectivity index (χ4n) is 5.63. The molecule has 170 valence electrons. The zero-order chi connectivity index (χ0) is 23.5. The smallest absolute Gasteiger partial charge is 0.00845 e. The highest BCUT2D eigenvalue weighted by atomic mass is 14.3. The number of rotatable bonds is 5. The maximum Gasteiger partial charge on any atom is 0.00845 e. The van der Waals surface area contributed by atoms with Crippen molar-refractivity contribution < 1.29 is 0 Å². The Hall–Kier alpha value is -3.90. The summed E-state index contributed by atoms with van der Waals surface area (Å²) in [6.07, 6.45) is 11.9. The van der Waals surface area contributed by atoms with Gasteiger partial charge in [-0.3, -0.25) is 0 Å². The highest BCUT2D eigenvalue weighted by Crippen LogP contribution is 2.41. The Morgan fingerprint density at radius 1 is 0.629 bits per heavy atom. The maximum absolute atomic E-state index is 2.46. The Labute approximate surface area is 208 Å². The van der Waals surface area contributed by atoms with E-state index < -0.39 is 0 Å². The third-order valence-corrected chi connectivity index (χ3v) is 7.52. The van der Waals surface area contributed by atoms with Crippen LogP contribution in [0.2, 0.25) is 0 Å². The van der Waals surface area contributed by atoms with E-state index in [2.05, 4.69) is 140 Å². The molecule has 0 aliphatic heterocycles. The van der Waals surface area contributed by atoms with E-state index in [1.807, 2.05) is 0 Å². The molecule has 3 atom stereocenters. The van der Waals surface area contributed by atoms with Crippen molar-refractivity contribution >= 4 is 27.6 Å². The molecule has 1 unspecified atom stereocenters. The molecule has 0 nitrogen and oxygen atoms in total. The van der Waals surface area contributed by atoms with Gasteiger partial charge in [-0.05, 0) is 69.0 Å². The van der Waals surface area contributed by atoms with Crippen molar-refractivity contribution in [3.63, 3.8) is 0 Å². The minimum absolute atomic E-state index is 0.328. The van der Waals surface area contributed by atoms with E-state index in [1.54, 1.807) is 0 Å². The summed E-state index contributed by atoms with van der Waals surface area (Å²) in [6.45, 7) is 0. The molecule has 0 saturated heterocycles. The second-order valence-electron chi connectivity index (χ2n) is 9.77. The number of hydrogen-bond donors (Lipinski definition) is 0. The van der Waals surface area contributed by atoms with Crippen molar-refractivity contribution in [2.24, 2.45) is 5.92 Å². The Balaban J connectivity index is 1.37.